The average molecular weight is 259 g/mol. The molecule has 1 aromatic carbocycles. The molecule has 6 heteroatoms. The first-order valence-electron chi connectivity index (χ1n) is 5.64. The van der Waals surface area contributed by atoms with Gasteiger partial charge in [-0.25, -0.2) is 0 Å². The van der Waals surface area contributed by atoms with E-state index in [-0.39, 0.29) is 23.6 Å². The standard InChI is InChI=1S/C13H13N3O3/c1-8-5-15-9(6-14-8)7-16-13(19)12-10(17)3-2-4-11(12)18/h2-6,17-18H,7H2,1H3,(H,16,19). The first kappa shape index (κ1) is 12.8. The van der Waals surface area contributed by atoms with E-state index in [4.69, 9.17) is 0 Å². The fourth-order valence-electron chi connectivity index (χ4n) is 1.53. The van der Waals surface area contributed by atoms with Gasteiger partial charge in [-0.15, -0.1) is 0 Å². The number of nitrogens with zero attached hydrogens (tertiary/aromatic N) is 2. The number of benzene rings is 1. The van der Waals surface area contributed by atoms with Crippen molar-refractivity contribution in [2.45, 2.75) is 13.5 Å². The summed E-state index contributed by atoms with van der Waals surface area (Å²) < 4.78 is 0. The lowest BCUT2D eigenvalue weighted by molar-refractivity contribution is 0.0945. The second-order valence-corrected chi connectivity index (χ2v) is 4.00. The normalized spacial score (nSPS) is 10.2. The van der Waals surface area contributed by atoms with E-state index in [2.05, 4.69) is 15.3 Å². The number of nitrogens with one attached hydrogen (secondary N) is 1. The summed E-state index contributed by atoms with van der Waals surface area (Å²) in [5.74, 6) is -1.11. The van der Waals surface area contributed by atoms with E-state index < -0.39 is 5.91 Å². The summed E-state index contributed by atoms with van der Waals surface area (Å²) in [5.41, 5.74) is 1.23. The van der Waals surface area contributed by atoms with Crippen LogP contribution in [0.25, 0.3) is 0 Å². The minimum Gasteiger partial charge on any atom is -0.507 e. The molecule has 0 spiro atoms. The van der Waals surface area contributed by atoms with Crippen LogP contribution in [0, 0.1) is 6.92 Å². The summed E-state index contributed by atoms with van der Waals surface area (Å²) in [6, 6.07) is 4.12. The average Bonchev–Trinajstić information content (AvgIpc) is 2.38. The molecule has 98 valence electrons. The summed E-state index contributed by atoms with van der Waals surface area (Å²) in [6.07, 6.45) is 3.15. The van der Waals surface area contributed by atoms with Crippen LogP contribution >= 0.6 is 0 Å². The first-order chi connectivity index (χ1) is 9.08. The lowest BCUT2D eigenvalue weighted by atomic mass is 10.1. The molecule has 0 radical (unpaired) electrons. The summed E-state index contributed by atoms with van der Waals surface area (Å²) in [7, 11) is 0. The van der Waals surface area contributed by atoms with Crippen molar-refractivity contribution >= 4 is 5.91 Å². The Morgan fingerprint density at radius 1 is 1.21 bits per heavy atom. The van der Waals surface area contributed by atoms with Crippen LogP contribution in [0.15, 0.2) is 30.6 Å². The molecule has 1 heterocycles. The van der Waals surface area contributed by atoms with Crippen LogP contribution < -0.4 is 5.32 Å². The van der Waals surface area contributed by atoms with Gasteiger partial charge >= 0.3 is 0 Å². The molecule has 0 atom stereocenters. The zero-order chi connectivity index (χ0) is 13.8. The monoisotopic (exact) mass is 259 g/mol. The Labute approximate surface area is 109 Å². The Balaban J connectivity index is 2.07. The molecule has 0 aliphatic rings. The SMILES string of the molecule is Cc1cnc(CNC(=O)c2c(O)cccc2O)cn1. The highest BCUT2D eigenvalue weighted by Crippen LogP contribution is 2.25. The highest BCUT2D eigenvalue weighted by molar-refractivity contribution is 5.99. The predicted octanol–water partition coefficient (Wildman–Crippen LogP) is 1.13. The van der Waals surface area contributed by atoms with Crippen molar-refractivity contribution < 1.29 is 15.0 Å². The summed E-state index contributed by atoms with van der Waals surface area (Å²) in [5, 5.41) is 21.6. The number of carbonyl (C=O) groups is 1. The third-order valence-electron chi connectivity index (χ3n) is 2.51. The predicted molar refractivity (Wildman–Crippen MR) is 67.7 cm³/mol. The summed E-state index contributed by atoms with van der Waals surface area (Å²) >= 11 is 0. The molecular weight excluding hydrogens is 246 g/mol. The largest absolute Gasteiger partial charge is 0.507 e. The zero-order valence-corrected chi connectivity index (χ0v) is 10.3. The number of aromatic nitrogens is 2. The van der Waals surface area contributed by atoms with Gasteiger partial charge in [0.05, 0.1) is 24.1 Å². The lowest BCUT2D eigenvalue weighted by Crippen LogP contribution is -2.23. The van der Waals surface area contributed by atoms with E-state index in [0.29, 0.717) is 5.69 Å². The summed E-state index contributed by atoms with van der Waals surface area (Å²) in [4.78, 5) is 20.0. The van der Waals surface area contributed by atoms with Crippen LogP contribution in [0.4, 0.5) is 0 Å². The molecular formula is C13H13N3O3. The van der Waals surface area contributed by atoms with Crippen LogP contribution in [-0.4, -0.2) is 26.1 Å². The molecule has 19 heavy (non-hydrogen) atoms. The van der Waals surface area contributed by atoms with Gasteiger partial charge in [0.2, 0.25) is 0 Å². The number of phenolic OH excluding ortho intramolecular Hbond substituents is 2. The van der Waals surface area contributed by atoms with Gasteiger partial charge in [-0.3, -0.25) is 14.8 Å². The van der Waals surface area contributed by atoms with Crippen molar-refractivity contribution in [2.24, 2.45) is 0 Å². The molecule has 0 fully saturated rings. The van der Waals surface area contributed by atoms with Crippen LogP contribution in [-0.2, 0) is 6.54 Å². The van der Waals surface area contributed by atoms with Gasteiger partial charge in [0.1, 0.15) is 17.1 Å². The molecule has 0 saturated carbocycles. The van der Waals surface area contributed by atoms with E-state index >= 15 is 0 Å². The van der Waals surface area contributed by atoms with Crippen molar-refractivity contribution in [3.63, 3.8) is 0 Å². The van der Waals surface area contributed by atoms with Crippen molar-refractivity contribution in [3.8, 4) is 11.5 Å². The summed E-state index contributed by atoms with van der Waals surface area (Å²) in [6.45, 7) is 1.98. The van der Waals surface area contributed by atoms with Gasteiger partial charge in [0.15, 0.2) is 0 Å². The van der Waals surface area contributed by atoms with Crippen molar-refractivity contribution in [3.05, 3.63) is 47.5 Å². The Hall–Kier alpha value is -2.63. The molecule has 0 bridgehead atoms. The van der Waals surface area contributed by atoms with Gasteiger partial charge in [-0.2, -0.15) is 0 Å². The number of carbonyl (C=O) groups excluding carboxylic acids is 1. The highest BCUT2D eigenvalue weighted by Gasteiger charge is 2.15. The fourth-order valence-corrected chi connectivity index (χ4v) is 1.53. The van der Waals surface area contributed by atoms with Crippen LogP contribution in [0.2, 0.25) is 0 Å². The first-order valence-corrected chi connectivity index (χ1v) is 5.64. The Bertz CT molecular complexity index is 576. The topological polar surface area (TPSA) is 95.3 Å². The van der Waals surface area contributed by atoms with Crippen LogP contribution in [0.1, 0.15) is 21.7 Å². The maximum atomic E-state index is 11.8. The molecule has 2 rings (SSSR count). The second-order valence-electron chi connectivity index (χ2n) is 4.00. The fraction of sp³-hybridized carbons (Fsp3) is 0.154. The zero-order valence-electron chi connectivity index (χ0n) is 10.3. The van der Waals surface area contributed by atoms with E-state index in [9.17, 15) is 15.0 Å². The van der Waals surface area contributed by atoms with E-state index in [1.807, 2.05) is 6.92 Å². The van der Waals surface area contributed by atoms with E-state index in [1.165, 1.54) is 18.2 Å². The van der Waals surface area contributed by atoms with Gasteiger partial charge in [0.25, 0.3) is 5.91 Å². The number of aromatic hydroxyl groups is 2. The molecule has 2 aromatic rings. The quantitative estimate of drug-likeness (QED) is 0.767. The molecule has 0 unspecified atom stereocenters. The molecule has 0 aliphatic heterocycles. The van der Waals surface area contributed by atoms with Gasteiger partial charge in [-0.1, -0.05) is 6.07 Å². The molecule has 1 amide bonds. The lowest BCUT2D eigenvalue weighted by Gasteiger charge is -2.08. The Morgan fingerprint density at radius 3 is 2.47 bits per heavy atom. The molecule has 6 nitrogen and oxygen atoms in total. The maximum absolute atomic E-state index is 11.8. The van der Waals surface area contributed by atoms with Crippen LogP contribution in [0.5, 0.6) is 11.5 Å². The number of aryl methyl sites for hydroxylation is 1. The molecule has 0 aliphatic carbocycles. The van der Waals surface area contributed by atoms with E-state index in [0.717, 1.165) is 5.69 Å². The van der Waals surface area contributed by atoms with E-state index in [1.54, 1.807) is 12.4 Å². The minimum atomic E-state index is -0.571. The third kappa shape index (κ3) is 2.98. The number of rotatable bonds is 3. The molecule has 3 N–H and O–H groups in total. The number of hydrogen-bond acceptors (Lipinski definition) is 5. The number of hydrogen-bond donors (Lipinski definition) is 3. The molecule has 1 aromatic heterocycles. The Kier molecular flexibility index (Phi) is 3.61. The third-order valence-corrected chi connectivity index (χ3v) is 2.51. The number of amides is 1. The van der Waals surface area contributed by atoms with Gasteiger partial charge < -0.3 is 15.5 Å². The minimum absolute atomic E-state index is 0.150. The smallest absolute Gasteiger partial charge is 0.259 e. The Morgan fingerprint density at radius 2 is 1.89 bits per heavy atom. The van der Waals surface area contributed by atoms with Gasteiger partial charge in [-0.05, 0) is 19.1 Å². The maximum Gasteiger partial charge on any atom is 0.259 e. The van der Waals surface area contributed by atoms with Crippen molar-refractivity contribution in [2.75, 3.05) is 0 Å². The second kappa shape index (κ2) is 5.34. The number of phenols is 2. The van der Waals surface area contributed by atoms with Crippen LogP contribution in [0.3, 0.4) is 0 Å². The van der Waals surface area contributed by atoms with Crippen molar-refractivity contribution in [1.82, 2.24) is 15.3 Å². The van der Waals surface area contributed by atoms with Gasteiger partial charge in [0, 0.05) is 6.20 Å². The molecule has 0 saturated heterocycles. The van der Waals surface area contributed by atoms with Crippen molar-refractivity contribution in [1.29, 1.82) is 0 Å². The highest BCUT2D eigenvalue weighted by atomic mass is 16.3.